The molecular formula is C17H22N2O. The fourth-order valence-electron chi connectivity index (χ4n) is 2.75. The molecule has 20 heavy (non-hydrogen) atoms. The first-order chi connectivity index (χ1) is 9.19. The molecule has 0 aliphatic heterocycles. The Balaban J connectivity index is 2.47. The van der Waals surface area contributed by atoms with Crippen LogP contribution in [-0.4, -0.2) is 10.1 Å². The first-order valence-corrected chi connectivity index (χ1v) is 7.09. The molecule has 3 aromatic rings. The predicted octanol–water partition coefficient (Wildman–Crippen LogP) is 4.90. The van der Waals surface area contributed by atoms with E-state index in [4.69, 9.17) is 4.52 Å². The van der Waals surface area contributed by atoms with Crippen molar-refractivity contribution >= 4 is 21.9 Å². The van der Waals surface area contributed by atoms with Gasteiger partial charge in [-0.05, 0) is 23.1 Å². The molecule has 3 nitrogen and oxygen atoms in total. The minimum absolute atomic E-state index is 0.0126. The molecule has 1 aromatic carbocycles. The van der Waals surface area contributed by atoms with Crippen molar-refractivity contribution in [1.29, 1.82) is 0 Å². The number of nitrogens with zero attached hydrogens (tertiary/aromatic N) is 1. The molecule has 0 saturated heterocycles. The van der Waals surface area contributed by atoms with Gasteiger partial charge in [0.05, 0.1) is 16.6 Å². The smallest absolute Gasteiger partial charge is 0.165 e. The Kier molecular flexibility index (Phi) is 2.56. The van der Waals surface area contributed by atoms with Crippen molar-refractivity contribution in [2.24, 2.45) is 0 Å². The second-order valence-electron chi connectivity index (χ2n) is 7.58. The van der Waals surface area contributed by atoms with Crippen molar-refractivity contribution in [3.63, 3.8) is 0 Å². The number of fused-ring (bicyclic) bond motifs is 3. The molecule has 1 N–H and O–H groups in total. The van der Waals surface area contributed by atoms with Crippen LogP contribution in [0.2, 0.25) is 0 Å². The number of nitrogens with one attached hydrogen (secondary N) is 1. The Hall–Kier alpha value is -1.77. The highest BCUT2D eigenvalue weighted by atomic mass is 16.5. The third kappa shape index (κ3) is 1.84. The highest BCUT2D eigenvalue weighted by Crippen LogP contribution is 2.39. The maximum atomic E-state index is 5.74. The van der Waals surface area contributed by atoms with Gasteiger partial charge in [0, 0.05) is 17.0 Å². The van der Waals surface area contributed by atoms with E-state index in [9.17, 15) is 0 Å². The Bertz CT molecular complexity index is 779. The Labute approximate surface area is 119 Å². The third-order valence-electron chi connectivity index (χ3n) is 3.82. The van der Waals surface area contributed by atoms with Gasteiger partial charge in [-0.1, -0.05) is 41.5 Å². The fraction of sp³-hybridized carbons (Fsp3) is 0.471. The van der Waals surface area contributed by atoms with Gasteiger partial charge in [-0.2, -0.15) is 0 Å². The summed E-state index contributed by atoms with van der Waals surface area (Å²) in [6.07, 6.45) is 1.89. The number of aromatic amines is 1. The van der Waals surface area contributed by atoms with Crippen LogP contribution < -0.4 is 0 Å². The highest BCUT2D eigenvalue weighted by molar-refractivity contribution is 6.08. The number of rotatable bonds is 0. The summed E-state index contributed by atoms with van der Waals surface area (Å²) >= 11 is 0. The van der Waals surface area contributed by atoms with E-state index in [1.807, 2.05) is 6.20 Å². The van der Waals surface area contributed by atoms with Crippen LogP contribution in [0.25, 0.3) is 21.9 Å². The molecule has 0 aliphatic rings. The van der Waals surface area contributed by atoms with Gasteiger partial charge in [-0.3, -0.25) is 4.98 Å². The zero-order valence-electron chi connectivity index (χ0n) is 13.1. The molecule has 3 rings (SSSR count). The quantitative estimate of drug-likeness (QED) is 0.631. The summed E-state index contributed by atoms with van der Waals surface area (Å²) in [6.45, 7) is 13.2. The van der Waals surface area contributed by atoms with Crippen molar-refractivity contribution in [2.75, 3.05) is 0 Å². The van der Waals surface area contributed by atoms with Gasteiger partial charge in [0.15, 0.2) is 5.58 Å². The minimum atomic E-state index is 0.0126. The Morgan fingerprint density at radius 1 is 1.05 bits per heavy atom. The van der Waals surface area contributed by atoms with Crippen LogP contribution in [0, 0.1) is 0 Å². The molecule has 0 bridgehead atoms. The van der Waals surface area contributed by atoms with E-state index in [1.54, 1.807) is 0 Å². The fourth-order valence-corrected chi connectivity index (χ4v) is 2.75. The van der Waals surface area contributed by atoms with Crippen LogP contribution >= 0.6 is 0 Å². The number of aromatic nitrogens is 2. The first kappa shape index (κ1) is 13.2. The largest absolute Gasteiger partial charge is 0.382 e. The summed E-state index contributed by atoms with van der Waals surface area (Å²) < 4.78 is 5.74. The molecule has 3 heteroatoms. The van der Waals surface area contributed by atoms with Gasteiger partial charge in [-0.15, -0.1) is 0 Å². The van der Waals surface area contributed by atoms with E-state index in [0.29, 0.717) is 0 Å². The molecule has 0 atom stereocenters. The summed E-state index contributed by atoms with van der Waals surface area (Å²) in [4.78, 5) is 4.58. The minimum Gasteiger partial charge on any atom is -0.382 e. The predicted molar refractivity (Wildman–Crippen MR) is 83.3 cm³/mol. The van der Waals surface area contributed by atoms with E-state index in [0.717, 1.165) is 22.2 Å². The lowest BCUT2D eigenvalue weighted by molar-refractivity contribution is 0.419. The number of hydrogen-bond donors (Lipinski definition) is 1. The average Bonchev–Trinajstić information content (AvgIpc) is 2.91. The molecule has 0 unspecified atom stereocenters. The zero-order valence-corrected chi connectivity index (χ0v) is 13.1. The molecular weight excluding hydrogens is 248 g/mol. The molecule has 0 aliphatic carbocycles. The topological polar surface area (TPSA) is 41.8 Å². The lowest BCUT2D eigenvalue weighted by atomic mass is 9.83. The third-order valence-corrected chi connectivity index (χ3v) is 3.82. The van der Waals surface area contributed by atoms with Crippen LogP contribution in [0.5, 0.6) is 0 Å². The van der Waals surface area contributed by atoms with Gasteiger partial charge >= 0.3 is 0 Å². The van der Waals surface area contributed by atoms with Crippen molar-refractivity contribution in [3.05, 3.63) is 29.6 Å². The Morgan fingerprint density at radius 3 is 2.35 bits per heavy atom. The van der Waals surface area contributed by atoms with Crippen LogP contribution in [-0.2, 0) is 10.8 Å². The number of hydrogen-bond acceptors (Lipinski definition) is 2. The molecule has 2 heterocycles. The van der Waals surface area contributed by atoms with E-state index in [2.05, 4.69) is 63.8 Å². The van der Waals surface area contributed by atoms with Crippen molar-refractivity contribution in [2.45, 2.75) is 52.4 Å². The molecule has 106 valence electrons. The lowest BCUT2D eigenvalue weighted by Crippen LogP contribution is -2.13. The number of H-pyrrole nitrogens is 1. The molecule has 0 saturated carbocycles. The summed E-state index contributed by atoms with van der Waals surface area (Å²) in [5.41, 5.74) is 4.42. The van der Waals surface area contributed by atoms with Gasteiger partial charge < -0.3 is 4.52 Å². The van der Waals surface area contributed by atoms with Crippen LogP contribution in [0.4, 0.5) is 0 Å². The van der Waals surface area contributed by atoms with Crippen molar-refractivity contribution in [1.82, 2.24) is 10.1 Å². The van der Waals surface area contributed by atoms with E-state index in [1.165, 1.54) is 10.9 Å². The molecule has 0 spiro atoms. The van der Waals surface area contributed by atoms with Crippen LogP contribution in [0.3, 0.4) is 0 Å². The second-order valence-corrected chi connectivity index (χ2v) is 7.58. The lowest BCUT2D eigenvalue weighted by Gasteiger charge is -2.20. The van der Waals surface area contributed by atoms with E-state index < -0.39 is 0 Å². The monoisotopic (exact) mass is 270 g/mol. The summed E-state index contributed by atoms with van der Waals surface area (Å²) in [6, 6.07) is 4.22. The Morgan fingerprint density at radius 2 is 1.75 bits per heavy atom. The maximum Gasteiger partial charge on any atom is 0.165 e. The summed E-state index contributed by atoms with van der Waals surface area (Å²) in [7, 11) is 0. The maximum absolute atomic E-state index is 5.74. The van der Waals surface area contributed by atoms with Crippen LogP contribution in [0.15, 0.2) is 22.9 Å². The SMILES string of the molecule is CC(C)(C)c1cc2o[nH]c(C(C)(C)C)c2c2ccnc12. The van der Waals surface area contributed by atoms with Crippen molar-refractivity contribution < 1.29 is 4.52 Å². The molecule has 0 amide bonds. The average molecular weight is 270 g/mol. The zero-order chi connectivity index (χ0) is 14.7. The molecule has 0 radical (unpaired) electrons. The normalized spacial score (nSPS) is 13.5. The van der Waals surface area contributed by atoms with E-state index in [-0.39, 0.29) is 10.8 Å². The standard InChI is InChI=1S/C17H22N2O/c1-16(2,3)11-9-12-13(10-7-8-18-14(10)11)15(19-20-12)17(4,5)6/h7-9,19H,1-6H3. The van der Waals surface area contributed by atoms with E-state index >= 15 is 0 Å². The van der Waals surface area contributed by atoms with Gasteiger partial charge in [0.25, 0.3) is 0 Å². The van der Waals surface area contributed by atoms with Gasteiger partial charge in [0.2, 0.25) is 0 Å². The molecule has 0 fully saturated rings. The summed E-state index contributed by atoms with van der Waals surface area (Å²) in [5, 5.41) is 5.46. The van der Waals surface area contributed by atoms with Crippen LogP contribution in [0.1, 0.15) is 52.8 Å². The second kappa shape index (κ2) is 3.87. The number of benzene rings is 1. The van der Waals surface area contributed by atoms with Crippen molar-refractivity contribution in [3.8, 4) is 0 Å². The highest BCUT2D eigenvalue weighted by Gasteiger charge is 2.26. The first-order valence-electron chi connectivity index (χ1n) is 7.09. The van der Waals surface area contributed by atoms with Gasteiger partial charge in [-0.25, -0.2) is 5.16 Å². The summed E-state index contributed by atoms with van der Waals surface area (Å²) in [5.74, 6) is 0. The molecule has 2 aromatic heterocycles. The van der Waals surface area contributed by atoms with Gasteiger partial charge in [0.1, 0.15) is 0 Å².